The molecule has 1 atom stereocenters. The fourth-order valence-corrected chi connectivity index (χ4v) is 3.97. The number of anilines is 1. The monoisotopic (exact) mass is 472 g/mol. The van der Waals surface area contributed by atoms with E-state index < -0.39 is 23.8 Å². The molecule has 0 spiro atoms. The third-order valence-corrected chi connectivity index (χ3v) is 5.72. The van der Waals surface area contributed by atoms with E-state index in [9.17, 15) is 19.2 Å². The number of amides is 1. The van der Waals surface area contributed by atoms with Gasteiger partial charge in [-0.05, 0) is 26.0 Å². The van der Waals surface area contributed by atoms with Crippen molar-refractivity contribution >= 4 is 40.2 Å². The fourth-order valence-electron chi connectivity index (χ4n) is 2.87. The lowest BCUT2D eigenvalue weighted by molar-refractivity contribution is -0.145. The highest BCUT2D eigenvalue weighted by molar-refractivity contribution is 7.18. The van der Waals surface area contributed by atoms with Crippen LogP contribution in [0.5, 0.6) is 0 Å². The molecule has 1 aromatic heterocycles. The topological polar surface area (TPSA) is 120 Å². The minimum atomic E-state index is -0.640. The van der Waals surface area contributed by atoms with Gasteiger partial charge in [-0.2, -0.15) is 0 Å². The highest BCUT2D eigenvalue weighted by Gasteiger charge is 2.28. The van der Waals surface area contributed by atoms with Gasteiger partial charge in [0.1, 0.15) is 16.5 Å². The van der Waals surface area contributed by atoms with E-state index in [0.717, 1.165) is 11.3 Å². The van der Waals surface area contributed by atoms with Crippen molar-refractivity contribution in [2.75, 3.05) is 59.0 Å². The van der Waals surface area contributed by atoms with E-state index in [2.05, 4.69) is 5.32 Å². The maximum absolute atomic E-state index is 12.7. The molecule has 0 aromatic carbocycles. The van der Waals surface area contributed by atoms with Crippen molar-refractivity contribution in [3.63, 3.8) is 0 Å². The van der Waals surface area contributed by atoms with Crippen molar-refractivity contribution in [3.05, 3.63) is 16.0 Å². The zero-order chi connectivity index (χ0) is 24.3. The van der Waals surface area contributed by atoms with Gasteiger partial charge in [-0.15, -0.1) is 11.3 Å². The van der Waals surface area contributed by atoms with Gasteiger partial charge in [0.05, 0.1) is 38.3 Å². The summed E-state index contributed by atoms with van der Waals surface area (Å²) in [5.74, 6) is -2.41. The van der Waals surface area contributed by atoms with Crippen LogP contribution in [0.15, 0.2) is 0 Å². The number of thiophene rings is 1. The number of hydrogen-bond donors (Lipinski definition) is 1. The van der Waals surface area contributed by atoms with Crippen molar-refractivity contribution in [1.29, 1.82) is 0 Å². The van der Waals surface area contributed by atoms with Crippen LogP contribution in [-0.2, 0) is 28.5 Å². The van der Waals surface area contributed by atoms with E-state index in [-0.39, 0.29) is 47.8 Å². The molecule has 0 saturated carbocycles. The first-order valence-electron chi connectivity index (χ1n) is 10.3. The van der Waals surface area contributed by atoms with E-state index in [4.69, 9.17) is 18.9 Å². The third-order valence-electron chi connectivity index (χ3n) is 4.54. The van der Waals surface area contributed by atoms with Crippen molar-refractivity contribution < 1.29 is 38.1 Å². The maximum atomic E-state index is 12.7. The van der Waals surface area contributed by atoms with Gasteiger partial charge in [-0.1, -0.05) is 13.8 Å². The van der Waals surface area contributed by atoms with Gasteiger partial charge in [0.15, 0.2) is 0 Å². The first-order chi connectivity index (χ1) is 15.2. The molecule has 1 heterocycles. The van der Waals surface area contributed by atoms with Crippen molar-refractivity contribution in [2.45, 2.75) is 27.7 Å². The molecule has 0 aliphatic heterocycles. The van der Waals surface area contributed by atoms with Gasteiger partial charge in [-0.25, -0.2) is 9.59 Å². The number of methoxy groups -OCH3 is 2. The quantitative estimate of drug-likeness (QED) is 0.261. The Morgan fingerprint density at radius 2 is 1.75 bits per heavy atom. The fraction of sp³-hybridized carbons (Fsp3) is 0.619. The highest BCUT2D eigenvalue weighted by atomic mass is 32.1. The smallest absolute Gasteiger partial charge is 0.348 e. The van der Waals surface area contributed by atoms with E-state index in [1.165, 1.54) is 14.2 Å². The number of carbonyl (C=O) groups is 4. The summed E-state index contributed by atoms with van der Waals surface area (Å²) in [4.78, 5) is 51.3. The molecule has 0 saturated heterocycles. The average Bonchev–Trinajstić information content (AvgIpc) is 3.08. The van der Waals surface area contributed by atoms with Crippen LogP contribution in [-0.4, -0.2) is 82.4 Å². The number of ether oxygens (including phenoxy) is 4. The van der Waals surface area contributed by atoms with Gasteiger partial charge >= 0.3 is 17.9 Å². The Morgan fingerprint density at radius 1 is 1.06 bits per heavy atom. The molecule has 0 aliphatic rings. The Kier molecular flexibility index (Phi) is 11.9. The molecule has 0 fully saturated rings. The highest BCUT2D eigenvalue weighted by Crippen LogP contribution is 2.34. The molecule has 0 radical (unpaired) electrons. The van der Waals surface area contributed by atoms with Crippen LogP contribution in [0.2, 0.25) is 0 Å². The maximum Gasteiger partial charge on any atom is 0.348 e. The summed E-state index contributed by atoms with van der Waals surface area (Å²) in [7, 11) is 2.80. The second-order valence-corrected chi connectivity index (χ2v) is 7.93. The molecule has 180 valence electrons. The van der Waals surface area contributed by atoms with Crippen LogP contribution in [0.1, 0.15) is 46.4 Å². The second-order valence-electron chi connectivity index (χ2n) is 6.91. The van der Waals surface area contributed by atoms with E-state index in [1.54, 1.807) is 25.7 Å². The Balaban J connectivity index is 3.04. The van der Waals surface area contributed by atoms with E-state index in [0.29, 0.717) is 18.7 Å². The van der Waals surface area contributed by atoms with Gasteiger partial charge < -0.3 is 24.3 Å². The SMILES string of the molecule is CCOC(=O)c1c(NC(=O)CN(CC)CC(C)C(=O)OC)sc(C(=O)OCCOC)c1C. The molecular weight excluding hydrogens is 440 g/mol. The van der Waals surface area contributed by atoms with Gasteiger partial charge in [0.25, 0.3) is 0 Å². The minimum Gasteiger partial charge on any atom is -0.469 e. The minimum absolute atomic E-state index is 0.00926. The van der Waals surface area contributed by atoms with Gasteiger partial charge in [0, 0.05) is 13.7 Å². The first-order valence-corrected chi connectivity index (χ1v) is 11.1. The summed E-state index contributed by atoms with van der Waals surface area (Å²) < 4.78 is 19.8. The standard InChI is InChI=1S/C21H32N2O8S/c1-7-23(11-13(3)19(25)29-6)12-15(24)22-18-16(20(26)30-8-2)14(4)17(32-18)21(27)31-10-9-28-5/h13H,7-12H2,1-6H3,(H,22,24). The average molecular weight is 473 g/mol. The van der Waals surface area contributed by atoms with E-state index in [1.807, 2.05) is 6.92 Å². The zero-order valence-electron chi connectivity index (χ0n) is 19.4. The largest absolute Gasteiger partial charge is 0.469 e. The van der Waals surface area contributed by atoms with Gasteiger partial charge in [-0.3, -0.25) is 14.5 Å². The van der Waals surface area contributed by atoms with Crippen LogP contribution in [0, 0.1) is 12.8 Å². The molecule has 0 aliphatic carbocycles. The van der Waals surface area contributed by atoms with Crippen molar-refractivity contribution in [2.24, 2.45) is 5.92 Å². The molecule has 1 N–H and O–H groups in total. The number of hydrogen-bond acceptors (Lipinski definition) is 10. The predicted octanol–water partition coefficient (Wildman–Crippen LogP) is 2.11. The first kappa shape index (κ1) is 27.5. The molecule has 1 amide bonds. The lowest BCUT2D eigenvalue weighted by atomic mass is 10.1. The van der Waals surface area contributed by atoms with Crippen molar-refractivity contribution in [1.82, 2.24) is 4.90 Å². The zero-order valence-corrected chi connectivity index (χ0v) is 20.3. The Hall–Kier alpha value is -2.50. The van der Waals surface area contributed by atoms with Crippen LogP contribution in [0.3, 0.4) is 0 Å². The molecule has 11 heteroatoms. The molecule has 1 rings (SSSR count). The normalized spacial score (nSPS) is 11.7. The van der Waals surface area contributed by atoms with E-state index >= 15 is 0 Å². The van der Waals surface area contributed by atoms with Crippen LogP contribution in [0.25, 0.3) is 0 Å². The molecule has 0 bridgehead atoms. The number of nitrogens with one attached hydrogen (secondary N) is 1. The molecule has 1 unspecified atom stereocenters. The molecular formula is C21H32N2O8S. The summed E-state index contributed by atoms with van der Waals surface area (Å²) in [5, 5.41) is 2.91. The number of esters is 3. The lowest BCUT2D eigenvalue weighted by Gasteiger charge is -2.22. The van der Waals surface area contributed by atoms with Gasteiger partial charge in [0.2, 0.25) is 5.91 Å². The third kappa shape index (κ3) is 7.88. The Morgan fingerprint density at radius 3 is 2.31 bits per heavy atom. The number of likely N-dealkylation sites (N-methyl/N-ethyl adjacent to an activating group) is 1. The number of carbonyl (C=O) groups excluding carboxylic acids is 4. The molecule has 10 nitrogen and oxygen atoms in total. The summed E-state index contributed by atoms with van der Waals surface area (Å²) in [6.07, 6.45) is 0. The number of nitrogens with zero attached hydrogens (tertiary/aromatic N) is 1. The second kappa shape index (κ2) is 13.8. The summed E-state index contributed by atoms with van der Waals surface area (Å²) in [6.45, 7) is 8.15. The van der Waals surface area contributed by atoms with Crippen LogP contribution in [0.4, 0.5) is 5.00 Å². The molecule has 1 aromatic rings. The van der Waals surface area contributed by atoms with Crippen LogP contribution < -0.4 is 5.32 Å². The summed E-state index contributed by atoms with van der Waals surface area (Å²) in [5.41, 5.74) is 0.493. The predicted molar refractivity (Wildman–Crippen MR) is 119 cm³/mol. The molecule has 32 heavy (non-hydrogen) atoms. The van der Waals surface area contributed by atoms with Crippen LogP contribution >= 0.6 is 11.3 Å². The van der Waals surface area contributed by atoms with Crippen molar-refractivity contribution in [3.8, 4) is 0 Å². The summed E-state index contributed by atoms with van der Waals surface area (Å²) >= 11 is 0.951. The summed E-state index contributed by atoms with van der Waals surface area (Å²) in [6, 6.07) is 0. The lowest BCUT2D eigenvalue weighted by Crippen LogP contribution is -2.38. The Labute approximate surface area is 192 Å². The number of rotatable bonds is 13. The Bertz CT molecular complexity index is 808.